The topological polar surface area (TPSA) is 6.02 Å². The summed E-state index contributed by atoms with van der Waals surface area (Å²) in [6.45, 7) is 5.95. The fraction of sp³-hybridized carbons (Fsp3) is 0.667. The Balaban J connectivity index is 0.000000112. The molecular weight excluding hydrogens is 244 g/mol. The maximum atomic E-state index is 2.43. The Labute approximate surface area is 124 Å². The second-order valence-corrected chi connectivity index (χ2v) is 7.46. The van der Waals surface area contributed by atoms with Gasteiger partial charge in [-0.05, 0) is 48.7 Å². The van der Waals surface area contributed by atoms with Crippen LogP contribution in [0, 0.1) is 10.8 Å². The zero-order chi connectivity index (χ0) is 14.6. The lowest BCUT2D eigenvalue weighted by molar-refractivity contribution is -0.477. The summed E-state index contributed by atoms with van der Waals surface area (Å²) in [6.07, 6.45) is 19.7. The average Bonchev–Trinajstić information content (AvgIpc) is 3.08. The number of likely N-dealkylation sites (N-methyl/N-ethyl adjacent to an activating group) is 1. The highest BCUT2D eigenvalue weighted by Gasteiger charge is 2.54. The van der Waals surface area contributed by atoms with Crippen LogP contribution in [-0.2, 0) is 0 Å². The standard InChI is InChI=1S/C8H14.2C5H8N/c1-7-3-4-8(2,5-7)6-7;2*1-6-4-2-3-5-6/h3-6H2,1-2H3;2,4-5H,3H2,1H3;2-4H,5H2,1H3/q;2*+1. The molecule has 5 rings (SSSR count). The van der Waals surface area contributed by atoms with E-state index < -0.39 is 0 Å². The van der Waals surface area contributed by atoms with Crippen molar-refractivity contribution >= 4 is 12.4 Å². The average molecular weight is 274 g/mol. The number of hydrogen-bond acceptors (Lipinski definition) is 0. The normalized spacial score (nSPS) is 35.4. The van der Waals surface area contributed by atoms with Gasteiger partial charge in [-0.25, -0.2) is 9.15 Å². The monoisotopic (exact) mass is 274 g/mol. The number of nitrogens with zero attached hydrogens (tertiary/aromatic N) is 2. The smallest absolute Gasteiger partial charge is 0.164 e. The molecule has 2 heterocycles. The number of allylic oxidation sites excluding steroid dienone is 2. The van der Waals surface area contributed by atoms with Gasteiger partial charge in [0, 0.05) is 12.5 Å². The highest BCUT2D eigenvalue weighted by atomic mass is 15.0. The molecule has 0 amide bonds. The molecule has 3 fully saturated rings. The summed E-state index contributed by atoms with van der Waals surface area (Å²) in [6, 6.07) is 0. The molecule has 0 aromatic rings. The van der Waals surface area contributed by atoms with E-state index in [4.69, 9.17) is 0 Å². The molecule has 0 unspecified atom stereocenters. The second kappa shape index (κ2) is 6.07. The summed E-state index contributed by atoms with van der Waals surface area (Å²) in [5.41, 5.74) is 1.60. The fourth-order valence-electron chi connectivity index (χ4n) is 3.98. The molecule has 2 heteroatoms. The van der Waals surface area contributed by atoms with Gasteiger partial charge in [-0.3, -0.25) is 0 Å². The van der Waals surface area contributed by atoms with E-state index in [2.05, 4.69) is 66.9 Å². The molecule has 0 aromatic carbocycles. The summed E-state index contributed by atoms with van der Waals surface area (Å²) in [5.74, 6) is 0. The fourth-order valence-corrected chi connectivity index (χ4v) is 3.98. The lowest BCUT2D eigenvalue weighted by Gasteiger charge is -2.43. The van der Waals surface area contributed by atoms with Crippen LogP contribution >= 0.6 is 0 Å². The number of hydrogen-bond donors (Lipinski definition) is 0. The Bertz CT molecular complexity index is 443. The van der Waals surface area contributed by atoms with Crippen molar-refractivity contribution < 1.29 is 9.15 Å². The Kier molecular flexibility index (Phi) is 4.62. The maximum absolute atomic E-state index is 2.43. The van der Waals surface area contributed by atoms with Gasteiger partial charge in [0.25, 0.3) is 0 Å². The zero-order valence-electron chi connectivity index (χ0n) is 13.6. The van der Waals surface area contributed by atoms with Crippen LogP contribution in [0.3, 0.4) is 0 Å². The summed E-state index contributed by atoms with van der Waals surface area (Å²) in [4.78, 5) is 0. The van der Waals surface area contributed by atoms with E-state index in [-0.39, 0.29) is 0 Å². The Morgan fingerprint density at radius 2 is 1.60 bits per heavy atom. The molecular formula is C18H30N2+2. The first-order valence-electron chi connectivity index (χ1n) is 7.83. The Morgan fingerprint density at radius 3 is 1.75 bits per heavy atom. The largest absolute Gasteiger partial charge is 0.235 e. The number of fused-ring (bicyclic) bond motifs is 1. The molecule has 0 atom stereocenters. The summed E-state index contributed by atoms with van der Waals surface area (Å²) in [5, 5.41) is 0. The van der Waals surface area contributed by atoms with Crippen LogP contribution in [0.4, 0.5) is 0 Å². The molecule has 0 spiro atoms. The van der Waals surface area contributed by atoms with Crippen LogP contribution in [-0.4, -0.2) is 42.2 Å². The van der Waals surface area contributed by atoms with Gasteiger partial charge in [-0.2, -0.15) is 0 Å². The highest BCUT2D eigenvalue weighted by Crippen LogP contribution is 2.66. The summed E-state index contributed by atoms with van der Waals surface area (Å²) < 4.78 is 4.18. The quantitative estimate of drug-likeness (QED) is 0.597. The van der Waals surface area contributed by atoms with Crippen molar-refractivity contribution in [1.82, 2.24) is 0 Å². The molecule has 2 nitrogen and oxygen atoms in total. The minimum absolute atomic E-state index is 0.800. The molecule has 3 aliphatic carbocycles. The number of rotatable bonds is 0. The van der Waals surface area contributed by atoms with Crippen molar-refractivity contribution in [3.05, 3.63) is 24.4 Å². The minimum atomic E-state index is 0.800. The van der Waals surface area contributed by atoms with E-state index in [1.807, 2.05) is 7.05 Å². The molecule has 5 aliphatic rings. The molecule has 3 saturated carbocycles. The minimum Gasteiger partial charge on any atom is -0.235 e. The first kappa shape index (κ1) is 15.2. The highest BCUT2D eigenvalue weighted by molar-refractivity contribution is 5.67. The van der Waals surface area contributed by atoms with Crippen LogP contribution < -0.4 is 0 Å². The van der Waals surface area contributed by atoms with Gasteiger partial charge >= 0.3 is 0 Å². The lowest BCUT2D eigenvalue weighted by Crippen LogP contribution is -2.32. The van der Waals surface area contributed by atoms with E-state index in [0.717, 1.165) is 23.8 Å². The van der Waals surface area contributed by atoms with E-state index in [9.17, 15) is 0 Å². The molecule has 110 valence electrons. The van der Waals surface area contributed by atoms with Gasteiger partial charge in [0.2, 0.25) is 0 Å². The zero-order valence-corrected chi connectivity index (χ0v) is 13.6. The second-order valence-electron chi connectivity index (χ2n) is 7.46. The predicted molar refractivity (Wildman–Crippen MR) is 86.9 cm³/mol. The van der Waals surface area contributed by atoms with Crippen molar-refractivity contribution in [2.75, 3.05) is 20.6 Å². The van der Waals surface area contributed by atoms with Gasteiger partial charge in [-0.15, -0.1) is 0 Å². The molecule has 0 N–H and O–H groups in total. The third kappa shape index (κ3) is 4.16. The van der Waals surface area contributed by atoms with E-state index in [1.165, 1.54) is 25.7 Å². The van der Waals surface area contributed by atoms with Crippen molar-refractivity contribution in [2.24, 2.45) is 10.8 Å². The van der Waals surface area contributed by atoms with Crippen molar-refractivity contribution in [2.45, 2.75) is 46.0 Å². The third-order valence-corrected chi connectivity index (χ3v) is 4.78. The summed E-state index contributed by atoms with van der Waals surface area (Å²) in [7, 11) is 4.09. The van der Waals surface area contributed by atoms with Crippen molar-refractivity contribution in [3.8, 4) is 0 Å². The van der Waals surface area contributed by atoms with E-state index in [0.29, 0.717) is 0 Å². The van der Waals surface area contributed by atoms with Crippen LogP contribution in [0.5, 0.6) is 0 Å². The summed E-state index contributed by atoms with van der Waals surface area (Å²) >= 11 is 0. The van der Waals surface area contributed by atoms with Crippen LogP contribution in [0.25, 0.3) is 0 Å². The molecule has 20 heavy (non-hydrogen) atoms. The van der Waals surface area contributed by atoms with Crippen molar-refractivity contribution in [1.29, 1.82) is 0 Å². The molecule has 2 bridgehead atoms. The SMILES string of the molecule is CC12CCC(C)(C1)C2.C[N+]1=CC=CC1.C[N+]1=CCC=C1. The van der Waals surface area contributed by atoms with Crippen LogP contribution in [0.2, 0.25) is 0 Å². The third-order valence-electron chi connectivity index (χ3n) is 4.78. The predicted octanol–water partition coefficient (Wildman–Crippen LogP) is 3.47. The van der Waals surface area contributed by atoms with Crippen molar-refractivity contribution in [3.63, 3.8) is 0 Å². The Morgan fingerprint density at radius 1 is 0.950 bits per heavy atom. The van der Waals surface area contributed by atoms with Crippen LogP contribution in [0.1, 0.15) is 46.0 Å². The molecule has 2 aliphatic heterocycles. The van der Waals surface area contributed by atoms with Gasteiger partial charge in [-0.1, -0.05) is 13.8 Å². The van der Waals surface area contributed by atoms with E-state index in [1.54, 1.807) is 0 Å². The molecule has 0 aromatic heterocycles. The maximum Gasteiger partial charge on any atom is 0.164 e. The van der Waals surface area contributed by atoms with Gasteiger partial charge in [0.05, 0.1) is 0 Å². The first-order valence-corrected chi connectivity index (χ1v) is 7.83. The van der Waals surface area contributed by atoms with Gasteiger partial charge in [0.15, 0.2) is 19.0 Å². The van der Waals surface area contributed by atoms with Gasteiger partial charge < -0.3 is 0 Å². The molecule has 0 radical (unpaired) electrons. The van der Waals surface area contributed by atoms with E-state index >= 15 is 0 Å². The lowest BCUT2D eigenvalue weighted by atomic mass is 9.62. The first-order chi connectivity index (χ1) is 9.41. The van der Waals surface area contributed by atoms with Gasteiger partial charge in [0.1, 0.15) is 20.3 Å². The van der Waals surface area contributed by atoms with Crippen LogP contribution in [0.15, 0.2) is 24.4 Å². The Hall–Kier alpha value is -1.18. The molecule has 0 saturated heterocycles.